The van der Waals surface area contributed by atoms with Crippen LogP contribution in [0.5, 0.6) is 5.88 Å². The van der Waals surface area contributed by atoms with Crippen LogP contribution in [0.3, 0.4) is 0 Å². The molecule has 26 heavy (non-hydrogen) atoms. The van der Waals surface area contributed by atoms with Gasteiger partial charge in [-0.15, -0.1) is 15.3 Å². The number of rotatable bonds is 7. The van der Waals surface area contributed by atoms with Crippen LogP contribution < -0.4 is 10.1 Å². The largest absolute Gasteiger partial charge is 0.479 e. The fourth-order valence-corrected chi connectivity index (χ4v) is 4.11. The van der Waals surface area contributed by atoms with Crippen LogP contribution in [-0.2, 0) is 18.4 Å². The van der Waals surface area contributed by atoms with E-state index in [1.807, 2.05) is 24.7 Å². The van der Waals surface area contributed by atoms with E-state index >= 15 is 0 Å². The topological polar surface area (TPSA) is 86.9 Å². The molecule has 0 aromatic carbocycles. The van der Waals surface area contributed by atoms with Crippen molar-refractivity contribution in [2.24, 2.45) is 7.05 Å². The Hall–Kier alpha value is -2.03. The van der Waals surface area contributed by atoms with Crippen molar-refractivity contribution in [3.63, 3.8) is 0 Å². The Bertz CT molecular complexity index is 751. The Morgan fingerprint density at radius 1 is 1.35 bits per heavy atom. The molecule has 3 rings (SSSR count). The predicted molar refractivity (Wildman–Crippen MR) is 100 cm³/mol. The number of methoxy groups -OCH3 is 1. The van der Waals surface area contributed by atoms with Crippen molar-refractivity contribution < 1.29 is 9.53 Å². The van der Waals surface area contributed by atoms with Crippen molar-refractivity contribution in [2.45, 2.75) is 56.8 Å². The highest BCUT2D eigenvalue weighted by Gasteiger charge is 2.21. The quantitative estimate of drug-likeness (QED) is 0.744. The van der Waals surface area contributed by atoms with Crippen molar-refractivity contribution in [1.82, 2.24) is 29.9 Å². The van der Waals surface area contributed by atoms with Crippen LogP contribution >= 0.6 is 11.8 Å². The molecular weight excluding hydrogens is 352 g/mol. The Kier molecular flexibility index (Phi) is 6.18. The van der Waals surface area contributed by atoms with Crippen LogP contribution in [0.25, 0.3) is 11.4 Å². The van der Waals surface area contributed by atoms with E-state index in [1.54, 1.807) is 11.8 Å². The standard InChI is InChI=1S/C17H26N6O2S/c1-4-23-15(13-10-22(2)21-16(13)25-3)19-20-17(23)26-11-14(24)18-12-8-6-5-7-9-12/h10,12H,4-9,11H2,1-3H3,(H,18,24). The molecular formula is C17H26N6O2S. The van der Waals surface area contributed by atoms with Crippen LogP contribution in [0.2, 0.25) is 0 Å². The van der Waals surface area contributed by atoms with Gasteiger partial charge in [0.1, 0.15) is 5.56 Å². The van der Waals surface area contributed by atoms with Gasteiger partial charge in [0.25, 0.3) is 0 Å². The molecule has 0 aliphatic heterocycles. The number of amides is 1. The average Bonchev–Trinajstić information content (AvgIpc) is 3.23. The molecule has 2 aromatic heterocycles. The Balaban J connectivity index is 1.67. The second-order valence-corrected chi connectivity index (χ2v) is 7.41. The van der Waals surface area contributed by atoms with Gasteiger partial charge in [-0.25, -0.2) is 0 Å². The summed E-state index contributed by atoms with van der Waals surface area (Å²) in [5.74, 6) is 1.63. The number of nitrogens with one attached hydrogen (secondary N) is 1. The SMILES string of the molecule is CCn1c(SCC(=O)NC2CCCCC2)nnc1-c1cn(C)nc1OC. The van der Waals surface area contributed by atoms with E-state index in [0.29, 0.717) is 30.0 Å². The van der Waals surface area contributed by atoms with Crippen LogP contribution in [0.4, 0.5) is 0 Å². The molecule has 0 saturated heterocycles. The fraction of sp³-hybridized carbons (Fsp3) is 0.647. The normalized spacial score (nSPS) is 15.2. The van der Waals surface area contributed by atoms with Gasteiger partial charge in [0, 0.05) is 25.8 Å². The first-order chi connectivity index (χ1) is 12.6. The summed E-state index contributed by atoms with van der Waals surface area (Å²) < 4.78 is 9.00. The molecule has 142 valence electrons. The number of thioether (sulfide) groups is 1. The molecule has 1 saturated carbocycles. The van der Waals surface area contributed by atoms with Crippen LogP contribution in [0.1, 0.15) is 39.0 Å². The van der Waals surface area contributed by atoms with Crippen LogP contribution in [0, 0.1) is 0 Å². The lowest BCUT2D eigenvalue weighted by Crippen LogP contribution is -2.37. The second kappa shape index (κ2) is 8.57. The summed E-state index contributed by atoms with van der Waals surface area (Å²) in [4.78, 5) is 12.2. The molecule has 0 unspecified atom stereocenters. The number of hydrogen-bond donors (Lipinski definition) is 1. The molecule has 0 radical (unpaired) electrons. The molecule has 1 amide bonds. The van der Waals surface area contributed by atoms with Gasteiger partial charge in [-0.1, -0.05) is 31.0 Å². The van der Waals surface area contributed by atoms with Gasteiger partial charge in [-0.2, -0.15) is 0 Å². The summed E-state index contributed by atoms with van der Waals surface area (Å²) in [6.07, 6.45) is 7.73. The predicted octanol–water partition coefficient (Wildman–Crippen LogP) is 2.25. The maximum absolute atomic E-state index is 12.2. The van der Waals surface area contributed by atoms with Gasteiger partial charge in [0.15, 0.2) is 11.0 Å². The zero-order valence-electron chi connectivity index (χ0n) is 15.6. The van der Waals surface area contributed by atoms with E-state index in [0.717, 1.165) is 23.6 Å². The summed E-state index contributed by atoms with van der Waals surface area (Å²) in [5.41, 5.74) is 0.794. The van der Waals surface area contributed by atoms with E-state index in [4.69, 9.17) is 4.74 Å². The smallest absolute Gasteiger partial charge is 0.243 e. The summed E-state index contributed by atoms with van der Waals surface area (Å²) >= 11 is 1.41. The average molecular weight is 379 g/mol. The highest BCUT2D eigenvalue weighted by atomic mass is 32.2. The number of ether oxygens (including phenoxy) is 1. The van der Waals surface area contributed by atoms with Gasteiger partial charge in [0.2, 0.25) is 11.8 Å². The zero-order chi connectivity index (χ0) is 18.5. The van der Waals surface area contributed by atoms with E-state index in [1.165, 1.54) is 31.0 Å². The second-order valence-electron chi connectivity index (χ2n) is 6.47. The number of hydrogen-bond acceptors (Lipinski definition) is 6. The maximum atomic E-state index is 12.2. The molecule has 1 aliphatic carbocycles. The summed E-state index contributed by atoms with van der Waals surface area (Å²) in [6.45, 7) is 2.73. The lowest BCUT2D eigenvalue weighted by atomic mass is 9.95. The van der Waals surface area contributed by atoms with E-state index in [9.17, 15) is 4.79 Å². The first kappa shape index (κ1) is 18.8. The van der Waals surface area contributed by atoms with E-state index in [-0.39, 0.29) is 5.91 Å². The third-order valence-electron chi connectivity index (χ3n) is 4.56. The third-order valence-corrected chi connectivity index (χ3v) is 5.53. The molecule has 9 heteroatoms. The number of aryl methyl sites for hydroxylation is 1. The summed E-state index contributed by atoms with van der Waals surface area (Å²) in [5, 5.41) is 16.7. The van der Waals surface area contributed by atoms with Gasteiger partial charge >= 0.3 is 0 Å². The minimum Gasteiger partial charge on any atom is -0.479 e. The summed E-state index contributed by atoms with van der Waals surface area (Å²) in [6, 6.07) is 0.330. The lowest BCUT2D eigenvalue weighted by molar-refractivity contribution is -0.119. The monoisotopic (exact) mass is 378 g/mol. The van der Waals surface area contributed by atoms with Crippen LogP contribution in [0.15, 0.2) is 11.4 Å². The molecule has 2 aromatic rings. The Morgan fingerprint density at radius 2 is 2.12 bits per heavy atom. The van der Waals surface area contributed by atoms with Gasteiger partial charge < -0.3 is 14.6 Å². The molecule has 0 atom stereocenters. The number of nitrogens with zero attached hydrogens (tertiary/aromatic N) is 5. The van der Waals surface area contributed by atoms with Crippen molar-refractivity contribution in [1.29, 1.82) is 0 Å². The van der Waals surface area contributed by atoms with Crippen molar-refractivity contribution in [3.8, 4) is 17.3 Å². The molecule has 1 fully saturated rings. The van der Waals surface area contributed by atoms with E-state index in [2.05, 4.69) is 20.6 Å². The minimum absolute atomic E-state index is 0.0630. The number of carbonyl (C=O) groups is 1. The fourth-order valence-electron chi connectivity index (χ4n) is 3.30. The Labute approximate surface area is 157 Å². The van der Waals surface area contributed by atoms with Gasteiger partial charge in [-0.3, -0.25) is 9.48 Å². The van der Waals surface area contributed by atoms with Crippen LogP contribution in [-0.4, -0.2) is 49.4 Å². The lowest BCUT2D eigenvalue weighted by Gasteiger charge is -2.22. The first-order valence-corrected chi connectivity index (χ1v) is 10.0. The van der Waals surface area contributed by atoms with Crippen molar-refractivity contribution in [3.05, 3.63) is 6.20 Å². The summed E-state index contributed by atoms with van der Waals surface area (Å²) in [7, 11) is 3.42. The number of carbonyl (C=O) groups excluding carboxylic acids is 1. The van der Waals surface area contributed by atoms with E-state index < -0.39 is 0 Å². The molecule has 0 spiro atoms. The van der Waals surface area contributed by atoms with Gasteiger partial charge in [-0.05, 0) is 19.8 Å². The van der Waals surface area contributed by atoms with Crippen molar-refractivity contribution in [2.75, 3.05) is 12.9 Å². The highest BCUT2D eigenvalue weighted by molar-refractivity contribution is 7.99. The highest BCUT2D eigenvalue weighted by Crippen LogP contribution is 2.29. The zero-order valence-corrected chi connectivity index (χ0v) is 16.4. The Morgan fingerprint density at radius 3 is 2.81 bits per heavy atom. The molecule has 1 N–H and O–H groups in total. The number of aromatic nitrogens is 5. The first-order valence-electron chi connectivity index (χ1n) is 9.05. The molecule has 1 aliphatic rings. The molecule has 8 nitrogen and oxygen atoms in total. The van der Waals surface area contributed by atoms with Gasteiger partial charge in [0.05, 0.1) is 12.9 Å². The third kappa shape index (κ3) is 4.20. The maximum Gasteiger partial charge on any atom is 0.243 e. The van der Waals surface area contributed by atoms with Crippen molar-refractivity contribution >= 4 is 17.7 Å². The molecule has 2 heterocycles. The minimum atomic E-state index is 0.0630. The molecule has 0 bridgehead atoms.